The summed E-state index contributed by atoms with van der Waals surface area (Å²) in [6.45, 7) is 4.61. The standard InChI is InChI=1S/C20H26N4O4/c1-15(25)22-10-12-23(13-11-22)18(26)7-8-21-20(28)16-4-2-5-17(14-16)24-9-3-6-19(24)27/h2,4-5,14H,3,6-13H2,1H3,(H,21,28). The Morgan fingerprint density at radius 3 is 2.39 bits per heavy atom. The average Bonchev–Trinajstić information content (AvgIpc) is 3.14. The molecule has 1 aromatic carbocycles. The van der Waals surface area contributed by atoms with Gasteiger partial charge < -0.3 is 20.0 Å². The summed E-state index contributed by atoms with van der Waals surface area (Å²) < 4.78 is 0. The summed E-state index contributed by atoms with van der Waals surface area (Å²) in [5.74, 6) is -0.187. The summed E-state index contributed by atoms with van der Waals surface area (Å²) in [6, 6.07) is 6.99. The van der Waals surface area contributed by atoms with Crippen molar-refractivity contribution in [1.29, 1.82) is 0 Å². The molecule has 0 radical (unpaired) electrons. The number of hydrogen-bond acceptors (Lipinski definition) is 4. The molecule has 8 nitrogen and oxygen atoms in total. The van der Waals surface area contributed by atoms with Crippen LogP contribution in [0.3, 0.4) is 0 Å². The highest BCUT2D eigenvalue weighted by molar-refractivity contribution is 5.99. The van der Waals surface area contributed by atoms with Crippen molar-refractivity contribution in [1.82, 2.24) is 15.1 Å². The second kappa shape index (κ2) is 8.86. The molecule has 1 aromatic rings. The molecule has 4 amide bonds. The molecular weight excluding hydrogens is 360 g/mol. The molecule has 28 heavy (non-hydrogen) atoms. The van der Waals surface area contributed by atoms with E-state index in [1.54, 1.807) is 32.9 Å². The monoisotopic (exact) mass is 386 g/mol. The first kappa shape index (κ1) is 19.9. The minimum absolute atomic E-state index is 0.0252. The number of nitrogens with zero attached hydrogens (tertiary/aromatic N) is 3. The van der Waals surface area contributed by atoms with Crippen molar-refractivity contribution in [2.45, 2.75) is 26.2 Å². The van der Waals surface area contributed by atoms with E-state index in [2.05, 4.69) is 5.32 Å². The number of rotatable bonds is 5. The molecule has 0 atom stereocenters. The normalized spacial score (nSPS) is 17.0. The molecule has 2 aliphatic heterocycles. The van der Waals surface area contributed by atoms with Crippen LogP contribution in [0.4, 0.5) is 5.69 Å². The zero-order valence-electron chi connectivity index (χ0n) is 16.1. The van der Waals surface area contributed by atoms with Crippen molar-refractivity contribution in [2.24, 2.45) is 0 Å². The van der Waals surface area contributed by atoms with Gasteiger partial charge in [-0.25, -0.2) is 0 Å². The van der Waals surface area contributed by atoms with Crippen molar-refractivity contribution in [3.63, 3.8) is 0 Å². The van der Waals surface area contributed by atoms with Crippen molar-refractivity contribution >= 4 is 29.3 Å². The Morgan fingerprint density at radius 1 is 1.04 bits per heavy atom. The Bertz CT molecular complexity index is 771. The zero-order chi connectivity index (χ0) is 20.1. The molecule has 2 fully saturated rings. The molecular formula is C20H26N4O4. The Morgan fingerprint density at radius 2 is 1.75 bits per heavy atom. The van der Waals surface area contributed by atoms with Crippen LogP contribution in [0.25, 0.3) is 0 Å². The molecule has 2 saturated heterocycles. The first-order chi connectivity index (χ1) is 13.5. The molecule has 0 aromatic heterocycles. The van der Waals surface area contributed by atoms with Crippen LogP contribution in [0.5, 0.6) is 0 Å². The second-order valence-electron chi connectivity index (χ2n) is 7.09. The topological polar surface area (TPSA) is 90.0 Å². The van der Waals surface area contributed by atoms with E-state index in [9.17, 15) is 19.2 Å². The molecule has 1 N–H and O–H groups in total. The molecule has 2 heterocycles. The van der Waals surface area contributed by atoms with Gasteiger partial charge in [0.2, 0.25) is 17.7 Å². The van der Waals surface area contributed by atoms with Gasteiger partial charge in [-0.05, 0) is 24.6 Å². The van der Waals surface area contributed by atoms with Gasteiger partial charge in [-0.1, -0.05) is 6.07 Å². The number of amides is 4. The molecule has 8 heteroatoms. The van der Waals surface area contributed by atoms with Crippen LogP contribution in [0, 0.1) is 0 Å². The van der Waals surface area contributed by atoms with Crippen LogP contribution in [-0.2, 0) is 14.4 Å². The fourth-order valence-corrected chi connectivity index (χ4v) is 3.55. The number of hydrogen-bond donors (Lipinski definition) is 1. The second-order valence-corrected chi connectivity index (χ2v) is 7.09. The molecule has 0 aliphatic carbocycles. The Balaban J connectivity index is 1.46. The molecule has 0 bridgehead atoms. The van der Waals surface area contributed by atoms with Crippen LogP contribution in [-0.4, -0.2) is 72.7 Å². The third-order valence-corrected chi connectivity index (χ3v) is 5.20. The summed E-state index contributed by atoms with van der Waals surface area (Å²) in [5.41, 5.74) is 1.20. The van der Waals surface area contributed by atoms with Crippen molar-refractivity contribution in [3.8, 4) is 0 Å². The summed E-state index contributed by atoms with van der Waals surface area (Å²) in [5, 5.41) is 2.77. The van der Waals surface area contributed by atoms with E-state index < -0.39 is 0 Å². The number of benzene rings is 1. The lowest BCUT2D eigenvalue weighted by Crippen LogP contribution is -2.50. The van der Waals surface area contributed by atoms with Gasteiger partial charge in [0.25, 0.3) is 5.91 Å². The SMILES string of the molecule is CC(=O)N1CCN(C(=O)CCNC(=O)c2cccc(N3CCCC3=O)c2)CC1. The van der Waals surface area contributed by atoms with Crippen molar-refractivity contribution in [2.75, 3.05) is 44.2 Å². The Labute approximate surface area is 164 Å². The van der Waals surface area contributed by atoms with E-state index in [4.69, 9.17) is 0 Å². The zero-order valence-corrected chi connectivity index (χ0v) is 16.1. The Kier molecular flexibility index (Phi) is 6.28. The van der Waals surface area contributed by atoms with Crippen LogP contribution in [0.15, 0.2) is 24.3 Å². The lowest BCUT2D eigenvalue weighted by Gasteiger charge is -2.34. The molecule has 3 rings (SSSR count). The van der Waals surface area contributed by atoms with E-state index in [-0.39, 0.29) is 36.6 Å². The van der Waals surface area contributed by atoms with Gasteiger partial charge in [0.05, 0.1) is 0 Å². The minimum atomic E-state index is -0.261. The molecule has 2 aliphatic rings. The number of anilines is 1. The average molecular weight is 386 g/mol. The molecule has 0 unspecified atom stereocenters. The first-order valence-electron chi connectivity index (χ1n) is 9.67. The number of nitrogens with one attached hydrogen (secondary N) is 1. The van der Waals surface area contributed by atoms with Crippen LogP contribution in [0.2, 0.25) is 0 Å². The van der Waals surface area contributed by atoms with E-state index in [0.29, 0.717) is 44.7 Å². The van der Waals surface area contributed by atoms with Crippen molar-refractivity contribution in [3.05, 3.63) is 29.8 Å². The number of carbonyl (C=O) groups excluding carboxylic acids is 4. The van der Waals surface area contributed by atoms with Gasteiger partial charge in [0.1, 0.15) is 0 Å². The highest BCUT2D eigenvalue weighted by atomic mass is 16.2. The van der Waals surface area contributed by atoms with E-state index >= 15 is 0 Å². The van der Waals surface area contributed by atoms with Gasteiger partial charge in [-0.3, -0.25) is 19.2 Å². The maximum atomic E-state index is 12.4. The minimum Gasteiger partial charge on any atom is -0.352 e. The number of piperazine rings is 1. The quantitative estimate of drug-likeness (QED) is 0.804. The van der Waals surface area contributed by atoms with Crippen molar-refractivity contribution < 1.29 is 19.2 Å². The summed E-state index contributed by atoms with van der Waals surface area (Å²) in [7, 11) is 0. The molecule has 0 saturated carbocycles. The summed E-state index contributed by atoms with van der Waals surface area (Å²) >= 11 is 0. The maximum absolute atomic E-state index is 12.4. The smallest absolute Gasteiger partial charge is 0.251 e. The molecule has 150 valence electrons. The largest absolute Gasteiger partial charge is 0.352 e. The van der Waals surface area contributed by atoms with Gasteiger partial charge in [-0.15, -0.1) is 0 Å². The lowest BCUT2D eigenvalue weighted by atomic mass is 10.1. The fourth-order valence-electron chi connectivity index (χ4n) is 3.55. The highest BCUT2D eigenvalue weighted by Crippen LogP contribution is 2.22. The molecule has 0 spiro atoms. The summed E-state index contributed by atoms with van der Waals surface area (Å²) in [6.07, 6.45) is 1.59. The van der Waals surface area contributed by atoms with Crippen LogP contribution < -0.4 is 10.2 Å². The van der Waals surface area contributed by atoms with Crippen LogP contribution in [0.1, 0.15) is 36.5 Å². The van der Waals surface area contributed by atoms with Gasteiger partial charge in [-0.2, -0.15) is 0 Å². The van der Waals surface area contributed by atoms with E-state index in [1.165, 1.54) is 6.92 Å². The van der Waals surface area contributed by atoms with Gasteiger partial charge >= 0.3 is 0 Å². The van der Waals surface area contributed by atoms with Gasteiger partial charge in [0.15, 0.2) is 0 Å². The predicted molar refractivity (Wildman–Crippen MR) is 104 cm³/mol. The Hall–Kier alpha value is -2.90. The highest BCUT2D eigenvalue weighted by Gasteiger charge is 2.23. The van der Waals surface area contributed by atoms with Gasteiger partial charge in [0, 0.05) is 70.3 Å². The van der Waals surface area contributed by atoms with E-state index in [1.807, 2.05) is 6.07 Å². The first-order valence-corrected chi connectivity index (χ1v) is 9.67. The summed E-state index contributed by atoms with van der Waals surface area (Å²) in [4.78, 5) is 53.0. The number of carbonyl (C=O) groups is 4. The predicted octanol–water partition coefficient (Wildman–Crippen LogP) is 0.624. The van der Waals surface area contributed by atoms with Crippen LogP contribution >= 0.6 is 0 Å². The fraction of sp³-hybridized carbons (Fsp3) is 0.500. The third kappa shape index (κ3) is 4.68. The third-order valence-electron chi connectivity index (χ3n) is 5.20. The lowest BCUT2D eigenvalue weighted by molar-refractivity contribution is -0.138. The van der Waals surface area contributed by atoms with E-state index in [0.717, 1.165) is 12.1 Å². The maximum Gasteiger partial charge on any atom is 0.251 e.